The molecule has 0 N–H and O–H groups in total. The molecule has 3 aromatic carbocycles. The Morgan fingerprint density at radius 3 is 2.32 bits per heavy atom. The van der Waals surface area contributed by atoms with E-state index in [1.54, 1.807) is 61.7 Å². The van der Waals surface area contributed by atoms with Crippen molar-refractivity contribution in [1.29, 1.82) is 0 Å². The average Bonchev–Trinajstić information content (AvgIpc) is 3.15. The molecule has 0 amide bonds. The number of halogens is 1. The van der Waals surface area contributed by atoms with Crippen LogP contribution in [0.2, 0.25) is 0 Å². The van der Waals surface area contributed by atoms with Crippen molar-refractivity contribution in [2.45, 2.75) is 0 Å². The second-order valence-corrected chi connectivity index (χ2v) is 6.50. The highest BCUT2D eigenvalue weighted by Crippen LogP contribution is 2.22. The molecule has 0 fully saturated rings. The number of aliphatic imine (C=N–C) groups is 1. The maximum Gasteiger partial charge on any atom is 0.363 e. The maximum absolute atomic E-state index is 13.9. The van der Waals surface area contributed by atoms with Gasteiger partial charge in [0.15, 0.2) is 5.70 Å². The third-order valence-corrected chi connectivity index (χ3v) is 4.44. The molecule has 0 radical (unpaired) electrons. The zero-order chi connectivity index (χ0) is 21.8. The van der Waals surface area contributed by atoms with Crippen LogP contribution in [0, 0.1) is 5.82 Å². The van der Waals surface area contributed by atoms with Gasteiger partial charge >= 0.3 is 11.9 Å². The smallest absolute Gasteiger partial charge is 0.363 e. The van der Waals surface area contributed by atoms with Crippen molar-refractivity contribution < 1.29 is 28.2 Å². The molecule has 1 aliphatic heterocycles. The molecular weight excluding hydrogens is 401 g/mol. The van der Waals surface area contributed by atoms with Crippen molar-refractivity contribution in [3.63, 3.8) is 0 Å². The largest absolute Gasteiger partial charge is 0.497 e. The van der Waals surface area contributed by atoms with E-state index < -0.39 is 17.8 Å². The van der Waals surface area contributed by atoms with E-state index in [-0.39, 0.29) is 17.2 Å². The quantitative estimate of drug-likeness (QED) is 0.350. The molecule has 0 spiro atoms. The van der Waals surface area contributed by atoms with E-state index >= 15 is 0 Å². The van der Waals surface area contributed by atoms with Gasteiger partial charge in [-0.1, -0.05) is 24.3 Å². The van der Waals surface area contributed by atoms with E-state index in [2.05, 4.69) is 4.99 Å². The summed E-state index contributed by atoms with van der Waals surface area (Å²) in [5.41, 5.74) is 1.17. The summed E-state index contributed by atoms with van der Waals surface area (Å²) in [7, 11) is 1.54. The van der Waals surface area contributed by atoms with Gasteiger partial charge in [-0.05, 0) is 60.2 Å². The van der Waals surface area contributed by atoms with Gasteiger partial charge in [-0.2, -0.15) is 0 Å². The van der Waals surface area contributed by atoms with Crippen LogP contribution in [0.4, 0.5) is 4.39 Å². The molecule has 1 heterocycles. The van der Waals surface area contributed by atoms with Gasteiger partial charge in [0.1, 0.15) is 17.3 Å². The summed E-state index contributed by atoms with van der Waals surface area (Å²) >= 11 is 0. The third kappa shape index (κ3) is 4.51. The van der Waals surface area contributed by atoms with Crippen LogP contribution >= 0.6 is 0 Å². The first-order valence-corrected chi connectivity index (χ1v) is 9.27. The summed E-state index contributed by atoms with van der Waals surface area (Å²) in [5, 5.41) is 0. The van der Waals surface area contributed by atoms with Gasteiger partial charge < -0.3 is 14.2 Å². The molecule has 7 heteroatoms. The van der Waals surface area contributed by atoms with Crippen molar-refractivity contribution in [2.24, 2.45) is 4.99 Å². The fourth-order valence-electron chi connectivity index (χ4n) is 2.84. The molecular formula is C24H16FNO5. The standard InChI is InChI=1S/C24H16FNO5/c1-29-17-12-8-16(9-13-17)23(27)30-18-10-6-15(7-11-18)14-21-24(28)31-22(26-21)19-4-2-3-5-20(19)25/h2-14H,1H3. The predicted molar refractivity (Wildman–Crippen MR) is 111 cm³/mol. The number of benzene rings is 3. The summed E-state index contributed by atoms with van der Waals surface area (Å²) < 4.78 is 29.4. The van der Waals surface area contributed by atoms with Crippen molar-refractivity contribution in [2.75, 3.05) is 7.11 Å². The van der Waals surface area contributed by atoms with Gasteiger partial charge in [-0.25, -0.2) is 19.0 Å². The number of cyclic esters (lactones) is 1. The minimum absolute atomic E-state index is 0.0428. The van der Waals surface area contributed by atoms with E-state index in [0.717, 1.165) is 0 Å². The molecule has 0 unspecified atom stereocenters. The number of nitrogens with zero attached hydrogens (tertiary/aromatic N) is 1. The molecule has 0 atom stereocenters. The van der Waals surface area contributed by atoms with Crippen LogP contribution < -0.4 is 9.47 Å². The molecule has 154 valence electrons. The molecule has 6 nitrogen and oxygen atoms in total. The fourth-order valence-corrected chi connectivity index (χ4v) is 2.84. The maximum atomic E-state index is 13.9. The molecule has 31 heavy (non-hydrogen) atoms. The van der Waals surface area contributed by atoms with Crippen LogP contribution in [0.5, 0.6) is 11.5 Å². The highest BCUT2D eigenvalue weighted by Gasteiger charge is 2.25. The lowest BCUT2D eigenvalue weighted by Crippen LogP contribution is -2.08. The zero-order valence-corrected chi connectivity index (χ0v) is 16.4. The number of hydrogen-bond donors (Lipinski definition) is 0. The SMILES string of the molecule is COc1ccc(C(=O)Oc2ccc(C=C3N=C(c4ccccc4F)OC3=O)cc2)cc1. The minimum Gasteiger partial charge on any atom is -0.497 e. The van der Waals surface area contributed by atoms with Crippen LogP contribution in [-0.2, 0) is 9.53 Å². The number of hydrogen-bond acceptors (Lipinski definition) is 6. The van der Waals surface area contributed by atoms with Crippen LogP contribution in [0.1, 0.15) is 21.5 Å². The highest BCUT2D eigenvalue weighted by atomic mass is 19.1. The number of ether oxygens (including phenoxy) is 3. The molecule has 0 aliphatic carbocycles. The lowest BCUT2D eigenvalue weighted by Gasteiger charge is -2.05. The molecule has 0 saturated heterocycles. The number of esters is 2. The summed E-state index contributed by atoms with van der Waals surface area (Å²) in [4.78, 5) is 28.4. The van der Waals surface area contributed by atoms with Crippen molar-refractivity contribution in [3.05, 3.63) is 101 Å². The second kappa shape index (κ2) is 8.62. The minimum atomic E-state index is -0.673. The van der Waals surface area contributed by atoms with Crippen LogP contribution in [0.25, 0.3) is 6.08 Å². The molecule has 3 aromatic rings. The van der Waals surface area contributed by atoms with E-state index in [9.17, 15) is 14.0 Å². The van der Waals surface area contributed by atoms with Gasteiger partial charge in [0.2, 0.25) is 5.90 Å². The van der Waals surface area contributed by atoms with Gasteiger partial charge in [-0.3, -0.25) is 0 Å². The van der Waals surface area contributed by atoms with Crippen LogP contribution in [0.3, 0.4) is 0 Å². The molecule has 1 aliphatic rings. The lowest BCUT2D eigenvalue weighted by molar-refractivity contribution is -0.129. The first kappa shape index (κ1) is 20.0. The van der Waals surface area contributed by atoms with Gasteiger partial charge in [0.25, 0.3) is 0 Å². The summed E-state index contributed by atoms with van der Waals surface area (Å²) in [6.07, 6.45) is 1.51. The molecule has 0 aromatic heterocycles. The Morgan fingerprint density at radius 2 is 1.65 bits per heavy atom. The summed E-state index contributed by atoms with van der Waals surface area (Å²) in [6, 6.07) is 19.0. The van der Waals surface area contributed by atoms with Gasteiger partial charge in [-0.15, -0.1) is 0 Å². The Bertz CT molecular complexity index is 1200. The predicted octanol–water partition coefficient (Wildman–Crippen LogP) is 4.40. The number of carbonyl (C=O) groups is 2. The van der Waals surface area contributed by atoms with E-state index in [4.69, 9.17) is 14.2 Å². The molecule has 0 saturated carbocycles. The van der Waals surface area contributed by atoms with Crippen molar-refractivity contribution >= 4 is 23.9 Å². The monoisotopic (exact) mass is 417 g/mol. The van der Waals surface area contributed by atoms with Crippen molar-refractivity contribution in [1.82, 2.24) is 0 Å². The Labute approximate surface area is 177 Å². The highest BCUT2D eigenvalue weighted by molar-refractivity contribution is 6.12. The topological polar surface area (TPSA) is 74.2 Å². The molecule has 4 rings (SSSR count). The first-order chi connectivity index (χ1) is 15.0. The van der Waals surface area contributed by atoms with E-state index in [1.165, 1.54) is 24.3 Å². The van der Waals surface area contributed by atoms with E-state index in [1.807, 2.05) is 0 Å². The normalized spacial score (nSPS) is 14.2. The van der Waals surface area contributed by atoms with Crippen LogP contribution in [0.15, 0.2) is 83.5 Å². The van der Waals surface area contributed by atoms with Gasteiger partial charge in [0.05, 0.1) is 18.2 Å². The van der Waals surface area contributed by atoms with Gasteiger partial charge in [0, 0.05) is 0 Å². The first-order valence-electron chi connectivity index (χ1n) is 9.27. The number of methoxy groups -OCH3 is 1. The fraction of sp³-hybridized carbons (Fsp3) is 0.0417. The van der Waals surface area contributed by atoms with Crippen molar-refractivity contribution in [3.8, 4) is 11.5 Å². The number of carbonyl (C=O) groups excluding carboxylic acids is 2. The molecule has 0 bridgehead atoms. The van der Waals surface area contributed by atoms with E-state index in [0.29, 0.717) is 22.6 Å². The summed E-state index contributed by atoms with van der Waals surface area (Å²) in [6.45, 7) is 0. The Kier molecular flexibility index (Phi) is 5.57. The third-order valence-electron chi connectivity index (χ3n) is 4.44. The second-order valence-electron chi connectivity index (χ2n) is 6.50. The summed E-state index contributed by atoms with van der Waals surface area (Å²) in [5.74, 6) is -0.814. The van der Waals surface area contributed by atoms with Crippen LogP contribution in [-0.4, -0.2) is 24.9 Å². The Morgan fingerprint density at radius 1 is 0.968 bits per heavy atom. The Balaban J connectivity index is 1.47. The average molecular weight is 417 g/mol. The lowest BCUT2D eigenvalue weighted by atomic mass is 10.2. The Hall–Kier alpha value is -4.26. The zero-order valence-electron chi connectivity index (χ0n) is 16.4. The number of rotatable bonds is 5.